The van der Waals surface area contributed by atoms with E-state index >= 15 is 0 Å². The number of fused-ring (bicyclic) bond motifs is 4. The molecule has 0 saturated heterocycles. The molecule has 4 aliphatic rings. The van der Waals surface area contributed by atoms with E-state index in [1.54, 1.807) is 11.1 Å². The third kappa shape index (κ3) is 4.17. The van der Waals surface area contributed by atoms with Gasteiger partial charge in [-0.2, -0.15) is 0 Å². The zero-order valence-corrected chi connectivity index (χ0v) is 21.8. The summed E-state index contributed by atoms with van der Waals surface area (Å²) in [5.41, 5.74) is 6.84. The Morgan fingerprint density at radius 2 is 1.89 bits per heavy atom. The Morgan fingerprint density at radius 1 is 1.08 bits per heavy atom. The number of aliphatic hydroxyl groups excluding tert-OH is 1. The largest absolute Gasteiger partial charge is 0.393 e. The van der Waals surface area contributed by atoms with Crippen LogP contribution in [0.15, 0.2) is 71.5 Å². The van der Waals surface area contributed by atoms with Crippen molar-refractivity contribution in [3.05, 3.63) is 88.3 Å². The van der Waals surface area contributed by atoms with E-state index in [0.29, 0.717) is 30.4 Å². The molecule has 3 unspecified atom stereocenters. The lowest BCUT2D eigenvalue weighted by atomic mass is 9.53. The van der Waals surface area contributed by atoms with Crippen molar-refractivity contribution in [1.82, 2.24) is 9.88 Å². The predicted molar refractivity (Wildman–Crippen MR) is 143 cm³/mol. The molecule has 6 rings (SSSR count). The van der Waals surface area contributed by atoms with Crippen LogP contribution in [0.2, 0.25) is 0 Å². The second kappa shape index (κ2) is 9.36. The van der Waals surface area contributed by atoms with Crippen molar-refractivity contribution < 1.29 is 14.7 Å². The van der Waals surface area contributed by atoms with Crippen LogP contribution in [-0.2, 0) is 11.3 Å². The van der Waals surface area contributed by atoms with E-state index in [9.17, 15) is 14.7 Å². The van der Waals surface area contributed by atoms with Crippen LogP contribution in [0.3, 0.4) is 0 Å². The van der Waals surface area contributed by atoms with Crippen LogP contribution in [0.4, 0.5) is 0 Å². The molecule has 1 aromatic heterocycles. The number of allylic oxidation sites excluding steroid dienone is 4. The zero-order valence-electron chi connectivity index (χ0n) is 21.8. The summed E-state index contributed by atoms with van der Waals surface area (Å²) < 4.78 is 0. The van der Waals surface area contributed by atoms with Crippen LogP contribution >= 0.6 is 0 Å². The van der Waals surface area contributed by atoms with Crippen molar-refractivity contribution in [3.63, 3.8) is 0 Å². The third-order valence-corrected chi connectivity index (χ3v) is 9.71. The van der Waals surface area contributed by atoms with Gasteiger partial charge < -0.3 is 10.0 Å². The molecule has 0 aliphatic heterocycles. The first kappa shape index (κ1) is 24.3. The van der Waals surface area contributed by atoms with Gasteiger partial charge in [0.25, 0.3) is 5.91 Å². The van der Waals surface area contributed by atoms with Crippen molar-refractivity contribution in [2.75, 3.05) is 7.05 Å². The topological polar surface area (TPSA) is 70.5 Å². The number of hydrogen-bond donors (Lipinski definition) is 1. The average molecular weight is 497 g/mol. The third-order valence-electron chi connectivity index (χ3n) is 9.71. The molecule has 0 radical (unpaired) electrons. The molecule has 5 heteroatoms. The Labute approximate surface area is 219 Å². The standard InChI is InChI=1S/C32H36N2O3/c1-32-18-27(20-6-8-21(9-7-20)31(37)34(2)19-23-5-3-4-16-33-23)30-25-13-11-24(35)17-22(25)10-12-26(30)28(32)14-15-29(32)36/h3-9,16-17,26-29,36H,10-15,18-19H2,1-2H3/t26?,27-,28+,29?,32?/m1/s1. The molecule has 2 fully saturated rings. The van der Waals surface area contributed by atoms with Crippen LogP contribution in [0.25, 0.3) is 0 Å². The molecular formula is C32H36N2O3. The molecule has 2 aromatic rings. The normalized spacial score (nSPS) is 30.8. The van der Waals surface area contributed by atoms with Gasteiger partial charge in [0.05, 0.1) is 18.3 Å². The van der Waals surface area contributed by atoms with Crippen LogP contribution in [0.1, 0.15) is 79.4 Å². The fourth-order valence-electron chi connectivity index (χ4n) is 7.82. The molecule has 5 atom stereocenters. The Hall–Kier alpha value is -3.05. The smallest absolute Gasteiger partial charge is 0.253 e. The summed E-state index contributed by atoms with van der Waals surface area (Å²) in [6, 6.07) is 13.9. The predicted octanol–water partition coefficient (Wildman–Crippen LogP) is 5.61. The molecular weight excluding hydrogens is 460 g/mol. The number of ketones is 1. The summed E-state index contributed by atoms with van der Waals surface area (Å²) in [6.45, 7) is 2.76. The molecule has 0 spiro atoms. The Kier molecular flexibility index (Phi) is 6.15. The number of pyridine rings is 1. The van der Waals surface area contributed by atoms with Gasteiger partial charge in [-0.05, 0) is 103 Å². The number of amides is 1. The Bertz CT molecular complexity index is 1280. The summed E-state index contributed by atoms with van der Waals surface area (Å²) in [6.07, 6.45) is 9.74. The Balaban J connectivity index is 1.33. The van der Waals surface area contributed by atoms with E-state index < -0.39 is 0 Å². The van der Waals surface area contributed by atoms with Gasteiger partial charge in [0.15, 0.2) is 5.78 Å². The van der Waals surface area contributed by atoms with Gasteiger partial charge in [-0.25, -0.2) is 0 Å². The number of hydrogen-bond acceptors (Lipinski definition) is 4. The number of aromatic nitrogens is 1. The molecule has 1 heterocycles. The summed E-state index contributed by atoms with van der Waals surface area (Å²) in [5, 5.41) is 11.1. The van der Waals surface area contributed by atoms with Crippen molar-refractivity contribution in [1.29, 1.82) is 0 Å². The highest BCUT2D eigenvalue weighted by Gasteiger charge is 2.56. The maximum absolute atomic E-state index is 13.1. The van der Waals surface area contributed by atoms with Gasteiger partial charge in [0.2, 0.25) is 0 Å². The average Bonchev–Trinajstić information content (AvgIpc) is 3.22. The zero-order chi connectivity index (χ0) is 25.7. The SMILES string of the molecule is CN(Cc1ccccn1)C(=O)c1ccc([C@H]2CC3(C)C(O)CC[C@H]3C3CCC4=CC(=O)CCC4=C32)cc1. The molecule has 5 nitrogen and oxygen atoms in total. The lowest BCUT2D eigenvalue weighted by Gasteiger charge is -2.52. The first-order valence-corrected chi connectivity index (χ1v) is 13.8. The number of carbonyl (C=O) groups is 2. The van der Waals surface area contributed by atoms with Crippen molar-refractivity contribution in [2.45, 2.75) is 70.4 Å². The summed E-state index contributed by atoms with van der Waals surface area (Å²) >= 11 is 0. The van der Waals surface area contributed by atoms with Crippen molar-refractivity contribution >= 4 is 11.7 Å². The van der Waals surface area contributed by atoms with Gasteiger partial charge in [-0.1, -0.05) is 30.7 Å². The number of nitrogens with zero attached hydrogens (tertiary/aromatic N) is 2. The van der Waals surface area contributed by atoms with Crippen LogP contribution in [0.5, 0.6) is 0 Å². The lowest BCUT2D eigenvalue weighted by molar-refractivity contribution is -0.114. The monoisotopic (exact) mass is 496 g/mol. The summed E-state index contributed by atoms with van der Waals surface area (Å²) in [7, 11) is 1.81. The Morgan fingerprint density at radius 3 is 2.65 bits per heavy atom. The molecule has 4 aliphatic carbocycles. The lowest BCUT2D eigenvalue weighted by Crippen LogP contribution is -2.45. The minimum atomic E-state index is -0.266. The van der Waals surface area contributed by atoms with Gasteiger partial charge >= 0.3 is 0 Å². The highest BCUT2D eigenvalue weighted by Crippen LogP contribution is 2.63. The van der Waals surface area contributed by atoms with E-state index in [2.05, 4.69) is 24.0 Å². The molecule has 2 saturated carbocycles. The highest BCUT2D eigenvalue weighted by molar-refractivity contribution is 5.94. The second-order valence-corrected chi connectivity index (χ2v) is 11.8. The summed E-state index contributed by atoms with van der Waals surface area (Å²) in [5.74, 6) is 1.41. The van der Waals surface area contributed by atoms with E-state index in [1.165, 1.54) is 22.3 Å². The first-order chi connectivity index (χ1) is 17.8. The van der Waals surface area contributed by atoms with Gasteiger partial charge in [-0.15, -0.1) is 0 Å². The van der Waals surface area contributed by atoms with E-state index in [-0.39, 0.29) is 29.1 Å². The van der Waals surface area contributed by atoms with E-state index in [0.717, 1.165) is 44.2 Å². The maximum atomic E-state index is 13.1. The van der Waals surface area contributed by atoms with Crippen molar-refractivity contribution in [2.24, 2.45) is 17.3 Å². The second-order valence-electron chi connectivity index (χ2n) is 11.8. The molecule has 1 N–H and O–H groups in total. The minimum absolute atomic E-state index is 0.0207. The number of aliphatic hydroxyl groups is 1. The van der Waals surface area contributed by atoms with Crippen LogP contribution in [-0.4, -0.2) is 39.8 Å². The van der Waals surface area contributed by atoms with Gasteiger partial charge in [0, 0.05) is 31.1 Å². The molecule has 1 amide bonds. The highest BCUT2D eigenvalue weighted by atomic mass is 16.3. The first-order valence-electron chi connectivity index (χ1n) is 13.8. The number of carbonyl (C=O) groups excluding carboxylic acids is 2. The molecule has 37 heavy (non-hydrogen) atoms. The quantitative estimate of drug-likeness (QED) is 0.597. The molecule has 192 valence electrons. The number of rotatable bonds is 4. The maximum Gasteiger partial charge on any atom is 0.253 e. The van der Waals surface area contributed by atoms with Gasteiger partial charge in [0.1, 0.15) is 0 Å². The number of benzene rings is 1. The van der Waals surface area contributed by atoms with Crippen LogP contribution < -0.4 is 0 Å². The van der Waals surface area contributed by atoms with Gasteiger partial charge in [-0.3, -0.25) is 14.6 Å². The van der Waals surface area contributed by atoms with E-state index in [1.807, 2.05) is 43.5 Å². The fraction of sp³-hybridized carbons (Fsp3) is 0.469. The molecule has 1 aromatic carbocycles. The fourth-order valence-corrected chi connectivity index (χ4v) is 7.82. The minimum Gasteiger partial charge on any atom is -0.393 e. The molecule has 0 bridgehead atoms. The van der Waals surface area contributed by atoms with Crippen LogP contribution in [0, 0.1) is 17.3 Å². The van der Waals surface area contributed by atoms with Crippen molar-refractivity contribution in [3.8, 4) is 0 Å². The summed E-state index contributed by atoms with van der Waals surface area (Å²) in [4.78, 5) is 31.4. The van der Waals surface area contributed by atoms with E-state index in [4.69, 9.17) is 0 Å².